The molecular formula is C17H15Cl2N3O6S. The predicted octanol–water partition coefficient (Wildman–Crippen LogP) is 3.17. The monoisotopic (exact) mass is 459 g/mol. The van der Waals surface area contributed by atoms with Crippen LogP contribution < -0.4 is 5.32 Å². The van der Waals surface area contributed by atoms with E-state index in [1.807, 2.05) is 0 Å². The normalized spacial score (nSPS) is 15.1. The Balaban J connectivity index is 1.93. The van der Waals surface area contributed by atoms with Crippen molar-refractivity contribution in [1.82, 2.24) is 4.31 Å². The molecule has 1 amide bonds. The minimum absolute atomic E-state index is 0.0566. The van der Waals surface area contributed by atoms with Crippen molar-refractivity contribution in [2.75, 3.05) is 31.6 Å². The van der Waals surface area contributed by atoms with Gasteiger partial charge in [0.1, 0.15) is 4.90 Å². The first-order valence-electron chi connectivity index (χ1n) is 8.33. The molecule has 154 valence electrons. The summed E-state index contributed by atoms with van der Waals surface area (Å²) in [5.74, 6) is -0.731. The van der Waals surface area contributed by atoms with E-state index in [0.29, 0.717) is 0 Å². The molecule has 1 aliphatic rings. The fraction of sp³-hybridized carbons (Fsp3) is 0.235. The van der Waals surface area contributed by atoms with Gasteiger partial charge < -0.3 is 10.1 Å². The minimum atomic E-state index is -3.96. The van der Waals surface area contributed by atoms with Crippen LogP contribution in [0.5, 0.6) is 0 Å². The van der Waals surface area contributed by atoms with E-state index in [1.165, 1.54) is 34.6 Å². The molecule has 0 bridgehead atoms. The number of hydrogen-bond acceptors (Lipinski definition) is 6. The van der Waals surface area contributed by atoms with Crippen molar-refractivity contribution in [2.45, 2.75) is 4.90 Å². The number of nitro benzene ring substituents is 1. The fourth-order valence-electron chi connectivity index (χ4n) is 2.72. The fourth-order valence-corrected chi connectivity index (χ4v) is 4.96. The molecule has 1 heterocycles. The topological polar surface area (TPSA) is 119 Å². The predicted molar refractivity (Wildman–Crippen MR) is 107 cm³/mol. The number of ether oxygens (including phenoxy) is 1. The Labute approximate surface area is 176 Å². The van der Waals surface area contributed by atoms with Crippen molar-refractivity contribution in [3.8, 4) is 0 Å². The van der Waals surface area contributed by atoms with Crippen molar-refractivity contribution >= 4 is 50.5 Å². The highest BCUT2D eigenvalue weighted by atomic mass is 35.5. The molecule has 0 aliphatic carbocycles. The van der Waals surface area contributed by atoms with E-state index in [-0.39, 0.29) is 58.2 Å². The van der Waals surface area contributed by atoms with Gasteiger partial charge in [0.25, 0.3) is 11.6 Å². The molecule has 0 radical (unpaired) electrons. The lowest BCUT2D eigenvalue weighted by molar-refractivity contribution is -0.384. The van der Waals surface area contributed by atoms with Crippen LogP contribution in [0.3, 0.4) is 0 Å². The number of carbonyl (C=O) groups is 1. The maximum absolute atomic E-state index is 12.9. The molecule has 1 fully saturated rings. The number of hydrogen-bond donors (Lipinski definition) is 1. The lowest BCUT2D eigenvalue weighted by atomic mass is 10.2. The maximum Gasteiger partial charge on any atom is 0.271 e. The number of non-ortho nitro benzene ring substituents is 1. The Kier molecular flexibility index (Phi) is 6.39. The number of amides is 1. The Morgan fingerprint density at radius 3 is 2.48 bits per heavy atom. The van der Waals surface area contributed by atoms with Crippen LogP contribution in [0, 0.1) is 10.1 Å². The van der Waals surface area contributed by atoms with E-state index < -0.39 is 20.9 Å². The number of benzene rings is 2. The number of sulfonamides is 1. The van der Waals surface area contributed by atoms with Crippen LogP contribution >= 0.6 is 23.2 Å². The van der Waals surface area contributed by atoms with Gasteiger partial charge in [0.15, 0.2) is 0 Å². The SMILES string of the molecule is O=C(Nc1cccc([N+](=O)[O-])c1)c1cc(S(=O)(=O)N2CCOCC2)c(Cl)cc1Cl. The number of halogens is 2. The second-order valence-electron chi connectivity index (χ2n) is 6.04. The zero-order valence-electron chi connectivity index (χ0n) is 14.8. The smallest absolute Gasteiger partial charge is 0.271 e. The van der Waals surface area contributed by atoms with Crippen molar-refractivity contribution < 1.29 is 22.9 Å². The lowest BCUT2D eigenvalue weighted by Gasteiger charge is -2.26. The Morgan fingerprint density at radius 1 is 1.14 bits per heavy atom. The number of nitrogens with one attached hydrogen (secondary N) is 1. The summed E-state index contributed by atoms with van der Waals surface area (Å²) < 4.78 is 32.2. The van der Waals surface area contributed by atoms with Gasteiger partial charge >= 0.3 is 0 Å². The van der Waals surface area contributed by atoms with Gasteiger partial charge in [-0.25, -0.2) is 8.42 Å². The quantitative estimate of drug-likeness (QED) is 0.541. The standard InChI is InChI=1S/C17H15Cl2N3O6S/c18-14-10-15(19)16(29(26,27)21-4-6-28-7-5-21)9-13(14)17(23)20-11-2-1-3-12(8-11)22(24)25/h1-3,8-10H,4-7H2,(H,20,23). The van der Waals surface area contributed by atoms with Gasteiger partial charge in [-0.2, -0.15) is 4.31 Å². The minimum Gasteiger partial charge on any atom is -0.379 e. The Morgan fingerprint density at radius 2 is 1.83 bits per heavy atom. The molecule has 0 spiro atoms. The summed E-state index contributed by atoms with van der Waals surface area (Å²) >= 11 is 12.2. The molecule has 0 unspecified atom stereocenters. The molecule has 29 heavy (non-hydrogen) atoms. The molecule has 1 N–H and O–H groups in total. The average Bonchev–Trinajstić information content (AvgIpc) is 2.68. The van der Waals surface area contributed by atoms with E-state index in [1.54, 1.807) is 0 Å². The van der Waals surface area contributed by atoms with Crippen LogP contribution in [-0.2, 0) is 14.8 Å². The summed E-state index contributed by atoms with van der Waals surface area (Å²) in [4.78, 5) is 22.7. The highest BCUT2D eigenvalue weighted by Crippen LogP contribution is 2.31. The van der Waals surface area contributed by atoms with Crippen LogP contribution in [0.1, 0.15) is 10.4 Å². The van der Waals surface area contributed by atoms with Gasteiger partial charge in [-0.05, 0) is 18.2 Å². The number of nitro groups is 1. The van der Waals surface area contributed by atoms with E-state index >= 15 is 0 Å². The van der Waals surface area contributed by atoms with Crippen molar-refractivity contribution in [3.63, 3.8) is 0 Å². The van der Waals surface area contributed by atoms with Gasteiger partial charge in [-0.3, -0.25) is 14.9 Å². The molecule has 1 saturated heterocycles. The van der Waals surface area contributed by atoms with Crippen LogP contribution in [0.2, 0.25) is 10.0 Å². The van der Waals surface area contributed by atoms with Crippen LogP contribution in [-0.4, -0.2) is 49.9 Å². The van der Waals surface area contributed by atoms with Crippen LogP contribution in [0.4, 0.5) is 11.4 Å². The third kappa shape index (κ3) is 4.68. The first kappa shape index (κ1) is 21.5. The molecule has 0 atom stereocenters. The lowest BCUT2D eigenvalue weighted by Crippen LogP contribution is -2.40. The maximum atomic E-state index is 12.9. The van der Waals surface area contributed by atoms with Gasteiger partial charge in [0.05, 0.1) is 33.7 Å². The molecule has 12 heteroatoms. The molecule has 2 aromatic carbocycles. The van der Waals surface area contributed by atoms with Crippen molar-refractivity contribution in [1.29, 1.82) is 0 Å². The van der Waals surface area contributed by atoms with Crippen molar-refractivity contribution in [3.05, 3.63) is 62.1 Å². The second kappa shape index (κ2) is 8.64. The highest BCUT2D eigenvalue weighted by Gasteiger charge is 2.30. The number of morpholine rings is 1. The molecule has 1 aliphatic heterocycles. The van der Waals surface area contributed by atoms with E-state index in [2.05, 4.69) is 5.32 Å². The molecule has 2 aromatic rings. The molecule has 0 aromatic heterocycles. The average molecular weight is 460 g/mol. The van der Waals surface area contributed by atoms with E-state index in [9.17, 15) is 23.3 Å². The Hall–Kier alpha value is -2.24. The van der Waals surface area contributed by atoms with Gasteiger partial charge in [-0.1, -0.05) is 29.3 Å². The first-order valence-corrected chi connectivity index (χ1v) is 10.5. The van der Waals surface area contributed by atoms with E-state index in [4.69, 9.17) is 27.9 Å². The number of nitrogens with zero attached hydrogens (tertiary/aromatic N) is 2. The summed E-state index contributed by atoms with van der Waals surface area (Å²) in [6, 6.07) is 7.59. The number of rotatable bonds is 5. The zero-order chi connectivity index (χ0) is 21.2. The largest absolute Gasteiger partial charge is 0.379 e. The van der Waals surface area contributed by atoms with Crippen LogP contribution in [0.15, 0.2) is 41.3 Å². The zero-order valence-corrected chi connectivity index (χ0v) is 17.1. The third-order valence-electron chi connectivity index (χ3n) is 4.17. The van der Waals surface area contributed by atoms with E-state index in [0.717, 1.165) is 6.07 Å². The summed E-state index contributed by atoms with van der Waals surface area (Å²) in [6.07, 6.45) is 0. The summed E-state index contributed by atoms with van der Waals surface area (Å²) in [5.41, 5.74) is -0.178. The first-order chi connectivity index (χ1) is 13.7. The second-order valence-corrected chi connectivity index (χ2v) is 8.76. The number of anilines is 1. The molecular weight excluding hydrogens is 445 g/mol. The number of carbonyl (C=O) groups excluding carboxylic acids is 1. The summed E-state index contributed by atoms with van der Waals surface area (Å²) in [6.45, 7) is 0.835. The molecule has 9 nitrogen and oxygen atoms in total. The Bertz CT molecular complexity index is 1070. The molecule has 3 rings (SSSR count). The van der Waals surface area contributed by atoms with Gasteiger partial charge in [-0.15, -0.1) is 0 Å². The third-order valence-corrected chi connectivity index (χ3v) is 6.84. The van der Waals surface area contributed by atoms with Gasteiger partial charge in [0, 0.05) is 30.9 Å². The summed E-state index contributed by atoms with van der Waals surface area (Å²) in [7, 11) is -3.96. The van der Waals surface area contributed by atoms with Crippen LogP contribution in [0.25, 0.3) is 0 Å². The molecule has 0 saturated carbocycles. The highest BCUT2D eigenvalue weighted by molar-refractivity contribution is 7.89. The van der Waals surface area contributed by atoms with Gasteiger partial charge in [0.2, 0.25) is 10.0 Å². The summed E-state index contributed by atoms with van der Waals surface area (Å²) in [5, 5.41) is 13.2. The van der Waals surface area contributed by atoms with Crippen molar-refractivity contribution in [2.24, 2.45) is 0 Å².